The first-order valence-corrected chi connectivity index (χ1v) is 11.6. The second-order valence-electron chi connectivity index (χ2n) is 11.2. The van der Waals surface area contributed by atoms with E-state index in [2.05, 4.69) is 77.6 Å². The molecule has 0 aliphatic carbocycles. The average molecular weight is 426 g/mol. The lowest BCUT2D eigenvalue weighted by atomic mass is 9.84. The molecule has 0 fully saturated rings. The predicted molar refractivity (Wildman–Crippen MR) is 132 cm³/mol. The second kappa shape index (κ2) is 9.65. The van der Waals surface area contributed by atoms with E-state index in [-0.39, 0.29) is 10.8 Å². The van der Waals surface area contributed by atoms with Crippen molar-refractivity contribution in [3.05, 3.63) is 57.6 Å². The highest BCUT2D eigenvalue weighted by molar-refractivity contribution is 5.46. The van der Waals surface area contributed by atoms with Crippen molar-refractivity contribution in [2.24, 2.45) is 0 Å². The minimum Gasteiger partial charge on any atom is -0.507 e. The van der Waals surface area contributed by atoms with Crippen LogP contribution < -0.4 is 0 Å². The van der Waals surface area contributed by atoms with E-state index in [9.17, 15) is 10.2 Å². The maximum absolute atomic E-state index is 10.8. The summed E-state index contributed by atoms with van der Waals surface area (Å²) in [5.41, 5.74) is 6.30. The van der Waals surface area contributed by atoms with Crippen LogP contribution in [0, 0.1) is 13.8 Å². The van der Waals surface area contributed by atoms with E-state index in [1.807, 2.05) is 13.8 Å². The van der Waals surface area contributed by atoms with Gasteiger partial charge in [-0.05, 0) is 59.9 Å². The van der Waals surface area contributed by atoms with Crippen LogP contribution in [0.1, 0.15) is 94.7 Å². The molecule has 0 amide bonds. The zero-order valence-corrected chi connectivity index (χ0v) is 21.2. The second-order valence-corrected chi connectivity index (χ2v) is 11.2. The summed E-state index contributed by atoms with van der Waals surface area (Å²) < 4.78 is 0. The Morgan fingerprint density at radius 2 is 1.10 bits per heavy atom. The normalized spacial score (nSPS) is 12.6. The Morgan fingerprint density at radius 3 is 1.42 bits per heavy atom. The highest BCUT2D eigenvalue weighted by Gasteiger charge is 2.21. The largest absolute Gasteiger partial charge is 0.507 e. The lowest BCUT2D eigenvalue weighted by Gasteiger charge is -2.27. The fraction of sp³-hybridized carbons (Fsp3) is 0.571. The third kappa shape index (κ3) is 6.49. The third-order valence-electron chi connectivity index (χ3n) is 6.11. The molecule has 0 atom stereocenters. The molecule has 2 aromatic carbocycles. The molecule has 0 bridgehead atoms. The number of phenolic OH excluding ortho intramolecular Hbond substituents is 2. The van der Waals surface area contributed by atoms with Crippen molar-refractivity contribution in [1.29, 1.82) is 0 Å². The average Bonchev–Trinajstić information content (AvgIpc) is 2.64. The van der Waals surface area contributed by atoms with Gasteiger partial charge >= 0.3 is 0 Å². The Hall–Kier alpha value is -2.00. The molecular weight excluding hydrogens is 382 g/mol. The molecule has 3 heteroatoms. The fourth-order valence-electron chi connectivity index (χ4n) is 3.89. The van der Waals surface area contributed by atoms with E-state index in [0.717, 1.165) is 41.6 Å². The number of unbranched alkanes of at least 4 members (excludes halogenated alkanes) is 1. The fourth-order valence-corrected chi connectivity index (χ4v) is 3.89. The summed E-state index contributed by atoms with van der Waals surface area (Å²) in [7, 11) is 0. The molecule has 172 valence electrons. The summed E-state index contributed by atoms with van der Waals surface area (Å²) in [6, 6.07) is 8.49. The third-order valence-corrected chi connectivity index (χ3v) is 6.11. The van der Waals surface area contributed by atoms with Crippen LogP contribution >= 0.6 is 0 Å². The Balaban J connectivity index is 2.43. The summed E-state index contributed by atoms with van der Waals surface area (Å²) >= 11 is 0. The molecule has 2 N–H and O–H groups in total. The van der Waals surface area contributed by atoms with Gasteiger partial charge in [0.05, 0.1) is 0 Å². The summed E-state index contributed by atoms with van der Waals surface area (Å²) in [5.74, 6) is 0.775. The molecule has 0 aromatic heterocycles. The Labute approximate surface area is 190 Å². The number of rotatable bonds is 7. The van der Waals surface area contributed by atoms with Crippen LogP contribution in [0.3, 0.4) is 0 Å². The molecule has 31 heavy (non-hydrogen) atoms. The van der Waals surface area contributed by atoms with Crippen molar-refractivity contribution >= 4 is 0 Å². The monoisotopic (exact) mass is 425 g/mol. The zero-order valence-electron chi connectivity index (χ0n) is 21.2. The van der Waals surface area contributed by atoms with E-state index in [1.165, 1.54) is 11.1 Å². The van der Waals surface area contributed by atoms with Gasteiger partial charge in [0, 0.05) is 24.2 Å². The molecule has 0 radical (unpaired) electrons. The number of nitrogens with zero attached hydrogens (tertiary/aromatic N) is 1. The lowest BCUT2D eigenvalue weighted by molar-refractivity contribution is 0.245. The van der Waals surface area contributed by atoms with Gasteiger partial charge in [-0.3, -0.25) is 4.90 Å². The summed E-state index contributed by atoms with van der Waals surface area (Å²) in [6.45, 7) is 21.6. The molecule has 0 aliphatic heterocycles. The van der Waals surface area contributed by atoms with Crippen LogP contribution in [0.25, 0.3) is 0 Å². The van der Waals surface area contributed by atoms with E-state index in [1.54, 1.807) is 0 Å². The van der Waals surface area contributed by atoms with Gasteiger partial charge in [0.2, 0.25) is 0 Å². The minimum absolute atomic E-state index is 0.0257. The Morgan fingerprint density at radius 1 is 0.710 bits per heavy atom. The van der Waals surface area contributed by atoms with Crippen molar-refractivity contribution in [3.8, 4) is 11.5 Å². The quantitative estimate of drug-likeness (QED) is 0.496. The summed E-state index contributed by atoms with van der Waals surface area (Å²) in [4.78, 5) is 2.35. The van der Waals surface area contributed by atoms with E-state index in [0.29, 0.717) is 24.6 Å². The predicted octanol–water partition coefficient (Wildman–Crippen LogP) is 7.11. The molecule has 3 nitrogen and oxygen atoms in total. The maximum Gasteiger partial charge on any atom is 0.122 e. The molecule has 0 aliphatic rings. The number of hydrogen-bond donors (Lipinski definition) is 2. The van der Waals surface area contributed by atoms with E-state index >= 15 is 0 Å². The summed E-state index contributed by atoms with van der Waals surface area (Å²) in [5, 5.41) is 21.6. The van der Waals surface area contributed by atoms with E-state index < -0.39 is 0 Å². The van der Waals surface area contributed by atoms with Crippen LogP contribution in [0.2, 0.25) is 0 Å². The number of phenols is 2. The van der Waals surface area contributed by atoms with Crippen LogP contribution in [-0.4, -0.2) is 21.7 Å². The van der Waals surface area contributed by atoms with Gasteiger partial charge < -0.3 is 10.2 Å². The van der Waals surface area contributed by atoms with Gasteiger partial charge in [0.1, 0.15) is 11.5 Å². The zero-order chi connectivity index (χ0) is 23.6. The van der Waals surface area contributed by atoms with Gasteiger partial charge in [-0.25, -0.2) is 0 Å². The number of aryl methyl sites for hydroxylation is 2. The Bertz CT molecular complexity index is 829. The highest BCUT2D eigenvalue weighted by Crippen LogP contribution is 2.34. The first kappa shape index (κ1) is 25.3. The van der Waals surface area contributed by atoms with Crippen molar-refractivity contribution < 1.29 is 10.2 Å². The van der Waals surface area contributed by atoms with Gasteiger partial charge in [-0.2, -0.15) is 0 Å². The minimum atomic E-state index is 0.0257. The van der Waals surface area contributed by atoms with Crippen LogP contribution in [0.15, 0.2) is 24.3 Å². The van der Waals surface area contributed by atoms with Crippen molar-refractivity contribution in [2.45, 2.75) is 99.1 Å². The lowest BCUT2D eigenvalue weighted by Crippen LogP contribution is -2.25. The SMILES string of the molecule is CCCCN(Cc1cc(C(C)(C)C)cc(C)c1O)Cc1cc(C(C)(C)C)cc(C)c1O. The van der Waals surface area contributed by atoms with Crippen molar-refractivity contribution in [1.82, 2.24) is 4.90 Å². The van der Waals surface area contributed by atoms with Gasteiger partial charge in [-0.1, -0.05) is 79.2 Å². The first-order chi connectivity index (χ1) is 14.2. The molecule has 0 saturated heterocycles. The standard InChI is InChI=1S/C28H43NO2/c1-10-11-12-29(17-21-15-23(27(4,5)6)13-19(2)25(21)30)18-22-16-24(28(7,8)9)14-20(3)26(22)31/h13-16,30-31H,10-12,17-18H2,1-9H3. The molecule has 2 aromatic rings. The highest BCUT2D eigenvalue weighted by atomic mass is 16.3. The van der Waals surface area contributed by atoms with Crippen LogP contribution in [0.5, 0.6) is 11.5 Å². The number of hydrogen-bond acceptors (Lipinski definition) is 3. The molecule has 0 heterocycles. The van der Waals surface area contributed by atoms with E-state index in [4.69, 9.17) is 0 Å². The molecular formula is C28H43NO2. The molecule has 0 spiro atoms. The summed E-state index contributed by atoms with van der Waals surface area (Å²) in [6.07, 6.45) is 2.19. The first-order valence-electron chi connectivity index (χ1n) is 11.6. The molecule has 2 rings (SSSR count). The smallest absolute Gasteiger partial charge is 0.122 e. The van der Waals surface area contributed by atoms with Gasteiger partial charge in [-0.15, -0.1) is 0 Å². The maximum atomic E-state index is 10.8. The van der Waals surface area contributed by atoms with Gasteiger partial charge in [0.15, 0.2) is 0 Å². The van der Waals surface area contributed by atoms with Crippen LogP contribution in [-0.2, 0) is 23.9 Å². The number of aromatic hydroxyl groups is 2. The topological polar surface area (TPSA) is 43.7 Å². The van der Waals surface area contributed by atoms with Crippen molar-refractivity contribution in [2.75, 3.05) is 6.54 Å². The molecule has 0 saturated carbocycles. The Kier molecular flexibility index (Phi) is 7.86. The molecule has 0 unspecified atom stereocenters. The number of benzene rings is 2. The van der Waals surface area contributed by atoms with Crippen molar-refractivity contribution in [3.63, 3.8) is 0 Å². The van der Waals surface area contributed by atoms with Gasteiger partial charge in [0.25, 0.3) is 0 Å². The van der Waals surface area contributed by atoms with Crippen LogP contribution in [0.4, 0.5) is 0 Å².